The third kappa shape index (κ3) is 10.7. The van der Waals surface area contributed by atoms with E-state index in [0.717, 1.165) is 52.0 Å². The van der Waals surface area contributed by atoms with E-state index in [1.807, 2.05) is 6.92 Å². The first-order valence-electron chi connectivity index (χ1n) is 8.36. The van der Waals surface area contributed by atoms with Crippen LogP contribution in [0.5, 0.6) is 0 Å². The Hall–Kier alpha value is -0.630. The number of nitrogens with zero attached hydrogens (tertiary/aromatic N) is 3. The first-order chi connectivity index (χ1) is 9.83. The maximum absolute atomic E-state index is 9.37. The van der Waals surface area contributed by atoms with Crippen LogP contribution in [-0.4, -0.2) is 62.2 Å². The van der Waals surface area contributed by atoms with Crippen LogP contribution in [0.3, 0.4) is 0 Å². The fourth-order valence-electron chi connectivity index (χ4n) is 2.39. The molecule has 1 atom stereocenters. The molecule has 0 aliphatic carbocycles. The molecule has 0 saturated heterocycles. The van der Waals surface area contributed by atoms with E-state index in [-0.39, 0.29) is 5.54 Å². The first-order valence-corrected chi connectivity index (χ1v) is 8.36. The van der Waals surface area contributed by atoms with E-state index in [1.165, 1.54) is 0 Å². The van der Waals surface area contributed by atoms with Crippen molar-refractivity contribution in [3.8, 4) is 6.07 Å². The Morgan fingerprint density at radius 3 is 2.33 bits per heavy atom. The summed E-state index contributed by atoms with van der Waals surface area (Å²) in [5.41, 5.74) is -0.374. The molecule has 0 amide bonds. The van der Waals surface area contributed by atoms with Crippen LogP contribution in [-0.2, 0) is 0 Å². The van der Waals surface area contributed by atoms with Crippen molar-refractivity contribution in [3.05, 3.63) is 0 Å². The molecule has 0 aliphatic heterocycles. The van der Waals surface area contributed by atoms with Gasteiger partial charge in [-0.3, -0.25) is 5.32 Å². The molecule has 4 heteroatoms. The quantitative estimate of drug-likeness (QED) is 0.601. The zero-order valence-electron chi connectivity index (χ0n) is 15.1. The van der Waals surface area contributed by atoms with Gasteiger partial charge in [-0.1, -0.05) is 20.8 Å². The predicted octanol–water partition coefficient (Wildman–Crippen LogP) is 2.57. The average Bonchev–Trinajstić information content (AvgIpc) is 2.41. The molecule has 0 bridgehead atoms. The monoisotopic (exact) mass is 296 g/mol. The molecule has 0 radical (unpaired) electrons. The van der Waals surface area contributed by atoms with Crippen LogP contribution in [0.25, 0.3) is 0 Å². The van der Waals surface area contributed by atoms with Crippen molar-refractivity contribution in [2.75, 3.05) is 46.8 Å². The van der Waals surface area contributed by atoms with Crippen molar-refractivity contribution in [1.29, 1.82) is 5.26 Å². The molecule has 0 aliphatic rings. The van der Waals surface area contributed by atoms with Gasteiger partial charge in [0.2, 0.25) is 0 Å². The highest BCUT2D eigenvalue weighted by molar-refractivity contribution is 5.03. The van der Waals surface area contributed by atoms with Crippen LogP contribution < -0.4 is 5.32 Å². The lowest BCUT2D eigenvalue weighted by molar-refractivity contribution is 0.210. The third-order valence-electron chi connectivity index (χ3n) is 3.65. The van der Waals surface area contributed by atoms with Crippen LogP contribution in [0, 0.1) is 17.2 Å². The molecular weight excluding hydrogens is 260 g/mol. The van der Waals surface area contributed by atoms with Crippen molar-refractivity contribution in [2.45, 2.75) is 52.5 Å². The van der Waals surface area contributed by atoms with E-state index in [9.17, 15) is 5.26 Å². The van der Waals surface area contributed by atoms with Gasteiger partial charge in [0.15, 0.2) is 0 Å². The number of nitriles is 1. The maximum Gasteiger partial charge on any atom is 0.103 e. The minimum atomic E-state index is -0.374. The minimum absolute atomic E-state index is 0.374. The number of nitrogens with one attached hydrogen (secondary N) is 1. The normalized spacial score (nSPS) is 14.7. The lowest BCUT2D eigenvalue weighted by atomic mass is 9.97. The van der Waals surface area contributed by atoms with Crippen LogP contribution in [0.1, 0.15) is 47.0 Å². The van der Waals surface area contributed by atoms with Crippen LogP contribution in [0.4, 0.5) is 0 Å². The third-order valence-corrected chi connectivity index (χ3v) is 3.65. The molecule has 0 fully saturated rings. The second-order valence-electron chi connectivity index (χ2n) is 6.97. The Morgan fingerprint density at radius 1 is 1.19 bits per heavy atom. The van der Waals surface area contributed by atoms with E-state index < -0.39 is 0 Å². The van der Waals surface area contributed by atoms with E-state index in [2.05, 4.69) is 56.1 Å². The van der Waals surface area contributed by atoms with Gasteiger partial charge in [0.1, 0.15) is 5.54 Å². The standard InChI is InChI=1S/C17H36N4/c1-7-10-19-17(4,15-18)9-8-11-21(14-16(2)3)13-12-20(5)6/h16,19H,7-14H2,1-6H3. The molecule has 0 aromatic rings. The fourth-order valence-corrected chi connectivity index (χ4v) is 2.39. The summed E-state index contributed by atoms with van der Waals surface area (Å²) in [6, 6.07) is 2.44. The summed E-state index contributed by atoms with van der Waals surface area (Å²) in [5, 5.41) is 12.7. The van der Waals surface area contributed by atoms with E-state index in [1.54, 1.807) is 0 Å². The van der Waals surface area contributed by atoms with Gasteiger partial charge in [-0.15, -0.1) is 0 Å². The second-order valence-corrected chi connectivity index (χ2v) is 6.97. The van der Waals surface area contributed by atoms with E-state index >= 15 is 0 Å². The zero-order chi connectivity index (χ0) is 16.3. The van der Waals surface area contributed by atoms with Gasteiger partial charge in [0.25, 0.3) is 0 Å². The second kappa shape index (κ2) is 11.0. The molecule has 0 spiro atoms. The maximum atomic E-state index is 9.37. The number of likely N-dealkylation sites (N-methyl/N-ethyl adjacent to an activating group) is 1. The molecule has 0 aromatic heterocycles. The molecule has 0 aromatic carbocycles. The zero-order valence-corrected chi connectivity index (χ0v) is 15.1. The van der Waals surface area contributed by atoms with Crippen molar-refractivity contribution in [1.82, 2.24) is 15.1 Å². The Morgan fingerprint density at radius 2 is 1.86 bits per heavy atom. The van der Waals surface area contributed by atoms with Crippen molar-refractivity contribution >= 4 is 0 Å². The first kappa shape index (κ1) is 20.4. The molecule has 1 N–H and O–H groups in total. The lowest BCUT2D eigenvalue weighted by Gasteiger charge is -2.28. The highest BCUT2D eigenvalue weighted by Crippen LogP contribution is 2.12. The molecular formula is C17H36N4. The molecule has 4 nitrogen and oxygen atoms in total. The van der Waals surface area contributed by atoms with Gasteiger partial charge < -0.3 is 9.80 Å². The Kier molecular flexibility index (Phi) is 10.7. The summed E-state index contributed by atoms with van der Waals surface area (Å²) in [4.78, 5) is 4.76. The number of rotatable bonds is 12. The molecule has 0 heterocycles. The predicted molar refractivity (Wildman–Crippen MR) is 91.4 cm³/mol. The average molecular weight is 297 g/mol. The largest absolute Gasteiger partial charge is 0.308 e. The van der Waals surface area contributed by atoms with Gasteiger partial charge in [-0.25, -0.2) is 0 Å². The summed E-state index contributed by atoms with van der Waals surface area (Å²) in [7, 11) is 4.24. The van der Waals surface area contributed by atoms with Gasteiger partial charge in [-0.2, -0.15) is 5.26 Å². The lowest BCUT2D eigenvalue weighted by Crippen LogP contribution is -2.42. The molecule has 0 rings (SSSR count). The van der Waals surface area contributed by atoms with Crippen LogP contribution in [0.2, 0.25) is 0 Å². The SMILES string of the molecule is CCCNC(C)(C#N)CCCN(CCN(C)C)CC(C)C. The summed E-state index contributed by atoms with van der Waals surface area (Å²) < 4.78 is 0. The van der Waals surface area contributed by atoms with Gasteiger partial charge in [0.05, 0.1) is 6.07 Å². The molecule has 0 saturated carbocycles. The molecule has 21 heavy (non-hydrogen) atoms. The fraction of sp³-hybridized carbons (Fsp3) is 0.941. The molecule has 124 valence electrons. The van der Waals surface area contributed by atoms with Crippen LogP contribution >= 0.6 is 0 Å². The Balaban J connectivity index is 4.23. The van der Waals surface area contributed by atoms with Gasteiger partial charge in [-0.05, 0) is 59.3 Å². The highest BCUT2D eigenvalue weighted by Gasteiger charge is 2.22. The van der Waals surface area contributed by atoms with Crippen molar-refractivity contribution in [3.63, 3.8) is 0 Å². The summed E-state index contributed by atoms with van der Waals surface area (Å²) in [6.07, 6.45) is 3.06. The van der Waals surface area contributed by atoms with Gasteiger partial charge in [0, 0.05) is 19.6 Å². The minimum Gasteiger partial charge on any atom is -0.308 e. The van der Waals surface area contributed by atoms with E-state index in [0.29, 0.717) is 5.92 Å². The topological polar surface area (TPSA) is 42.3 Å². The van der Waals surface area contributed by atoms with Crippen LogP contribution in [0.15, 0.2) is 0 Å². The number of hydrogen-bond acceptors (Lipinski definition) is 4. The number of hydrogen-bond donors (Lipinski definition) is 1. The Bertz CT molecular complexity index is 296. The van der Waals surface area contributed by atoms with E-state index in [4.69, 9.17) is 0 Å². The Labute approximate surface area is 132 Å². The van der Waals surface area contributed by atoms with Gasteiger partial charge >= 0.3 is 0 Å². The summed E-state index contributed by atoms with van der Waals surface area (Å²) in [5.74, 6) is 0.688. The summed E-state index contributed by atoms with van der Waals surface area (Å²) in [6.45, 7) is 14.0. The highest BCUT2D eigenvalue weighted by atomic mass is 15.2. The molecule has 1 unspecified atom stereocenters. The smallest absolute Gasteiger partial charge is 0.103 e. The van der Waals surface area contributed by atoms with Crippen molar-refractivity contribution < 1.29 is 0 Å². The van der Waals surface area contributed by atoms with Crippen molar-refractivity contribution in [2.24, 2.45) is 5.92 Å². The summed E-state index contributed by atoms with van der Waals surface area (Å²) >= 11 is 0.